The number of hydrogen-bond donors (Lipinski definition) is 1. The third-order valence-corrected chi connectivity index (χ3v) is 2.58. The van der Waals surface area contributed by atoms with Gasteiger partial charge in [0.25, 0.3) is 0 Å². The van der Waals surface area contributed by atoms with Gasteiger partial charge >= 0.3 is 0 Å². The molecular weight excluding hydrogens is 228 g/mol. The molecule has 0 aromatic heterocycles. The van der Waals surface area contributed by atoms with Crippen molar-refractivity contribution in [2.45, 2.75) is 32.9 Å². The monoisotopic (exact) mass is 250 g/mol. The summed E-state index contributed by atoms with van der Waals surface area (Å²) in [5.74, 6) is 0.921. The molecule has 0 radical (unpaired) electrons. The highest BCUT2D eigenvalue weighted by atomic mass is 16.5. The van der Waals surface area contributed by atoms with Gasteiger partial charge in [0, 0.05) is 26.1 Å². The van der Waals surface area contributed by atoms with Crippen LogP contribution < -0.4 is 10.5 Å². The van der Waals surface area contributed by atoms with Gasteiger partial charge in [0.2, 0.25) is 5.91 Å². The molecule has 2 N–H and O–H groups in total. The molecule has 1 aromatic rings. The number of carbonyl (C=O) groups excluding carboxylic acids is 1. The standard InChI is InChI=1S/C14H22N2O2/c1-4-18-13-7-5-12(6-8-13)10-16(3)14(17)9-11(2)15/h5-8,11H,4,9-10,15H2,1-3H3. The number of rotatable bonds is 6. The van der Waals surface area contributed by atoms with Crippen molar-refractivity contribution >= 4 is 5.91 Å². The summed E-state index contributed by atoms with van der Waals surface area (Å²) >= 11 is 0. The van der Waals surface area contributed by atoms with E-state index in [0.717, 1.165) is 11.3 Å². The summed E-state index contributed by atoms with van der Waals surface area (Å²) in [6.07, 6.45) is 0.382. The molecule has 0 aliphatic heterocycles. The summed E-state index contributed by atoms with van der Waals surface area (Å²) in [6, 6.07) is 7.69. The molecule has 0 saturated heterocycles. The van der Waals surface area contributed by atoms with Crippen molar-refractivity contribution in [1.82, 2.24) is 4.90 Å². The van der Waals surface area contributed by atoms with E-state index in [1.807, 2.05) is 38.1 Å². The molecule has 1 atom stereocenters. The van der Waals surface area contributed by atoms with Gasteiger partial charge in [-0.05, 0) is 31.5 Å². The second-order valence-corrected chi connectivity index (χ2v) is 4.51. The molecule has 100 valence electrons. The van der Waals surface area contributed by atoms with Gasteiger partial charge in [-0.1, -0.05) is 12.1 Å². The normalized spacial score (nSPS) is 12.0. The van der Waals surface area contributed by atoms with Crippen LogP contribution in [0, 0.1) is 0 Å². The van der Waals surface area contributed by atoms with Crippen LogP contribution >= 0.6 is 0 Å². The molecule has 1 amide bonds. The number of amides is 1. The fraction of sp³-hybridized carbons (Fsp3) is 0.500. The first kappa shape index (κ1) is 14.5. The predicted octanol–water partition coefficient (Wildman–Crippen LogP) is 1.78. The Labute approximate surface area is 109 Å². The highest BCUT2D eigenvalue weighted by Gasteiger charge is 2.11. The first-order valence-corrected chi connectivity index (χ1v) is 6.24. The Hall–Kier alpha value is -1.55. The number of ether oxygens (including phenoxy) is 1. The van der Waals surface area contributed by atoms with Crippen molar-refractivity contribution in [2.75, 3.05) is 13.7 Å². The Balaban J connectivity index is 2.53. The van der Waals surface area contributed by atoms with E-state index < -0.39 is 0 Å². The van der Waals surface area contributed by atoms with Crippen LogP contribution in [0.25, 0.3) is 0 Å². The van der Waals surface area contributed by atoms with E-state index in [0.29, 0.717) is 19.6 Å². The summed E-state index contributed by atoms with van der Waals surface area (Å²) in [5, 5.41) is 0. The lowest BCUT2D eigenvalue weighted by atomic mass is 10.2. The van der Waals surface area contributed by atoms with Gasteiger partial charge in [-0.2, -0.15) is 0 Å². The van der Waals surface area contributed by atoms with Crippen molar-refractivity contribution < 1.29 is 9.53 Å². The molecule has 0 heterocycles. The second-order valence-electron chi connectivity index (χ2n) is 4.51. The zero-order valence-electron chi connectivity index (χ0n) is 11.3. The van der Waals surface area contributed by atoms with Gasteiger partial charge in [0.15, 0.2) is 0 Å². The maximum absolute atomic E-state index is 11.7. The molecular formula is C14H22N2O2. The van der Waals surface area contributed by atoms with Crippen LogP contribution in [0.15, 0.2) is 24.3 Å². The molecule has 1 rings (SSSR count). The van der Waals surface area contributed by atoms with E-state index in [9.17, 15) is 4.79 Å². The molecule has 18 heavy (non-hydrogen) atoms. The minimum Gasteiger partial charge on any atom is -0.494 e. The Morgan fingerprint density at radius 2 is 2.00 bits per heavy atom. The molecule has 0 aliphatic carbocycles. The van der Waals surface area contributed by atoms with E-state index in [1.54, 1.807) is 11.9 Å². The van der Waals surface area contributed by atoms with Crippen molar-refractivity contribution in [2.24, 2.45) is 5.73 Å². The van der Waals surface area contributed by atoms with E-state index in [2.05, 4.69) is 0 Å². The first-order chi connectivity index (χ1) is 8.52. The Morgan fingerprint density at radius 3 is 2.50 bits per heavy atom. The van der Waals surface area contributed by atoms with Gasteiger partial charge in [-0.3, -0.25) is 4.79 Å². The number of benzene rings is 1. The van der Waals surface area contributed by atoms with Crippen LogP contribution in [0.4, 0.5) is 0 Å². The maximum Gasteiger partial charge on any atom is 0.224 e. The third-order valence-electron chi connectivity index (χ3n) is 2.58. The number of hydrogen-bond acceptors (Lipinski definition) is 3. The fourth-order valence-electron chi connectivity index (χ4n) is 1.65. The smallest absolute Gasteiger partial charge is 0.224 e. The van der Waals surface area contributed by atoms with Gasteiger partial charge in [0.05, 0.1) is 6.61 Å². The highest BCUT2D eigenvalue weighted by molar-refractivity contribution is 5.76. The van der Waals surface area contributed by atoms with E-state index in [-0.39, 0.29) is 11.9 Å². The van der Waals surface area contributed by atoms with Crippen molar-refractivity contribution in [1.29, 1.82) is 0 Å². The van der Waals surface area contributed by atoms with Crippen LogP contribution in [0.1, 0.15) is 25.8 Å². The van der Waals surface area contributed by atoms with Crippen molar-refractivity contribution in [3.8, 4) is 5.75 Å². The maximum atomic E-state index is 11.7. The molecule has 4 nitrogen and oxygen atoms in total. The topological polar surface area (TPSA) is 55.6 Å². The minimum atomic E-state index is -0.0970. The van der Waals surface area contributed by atoms with Gasteiger partial charge in [-0.25, -0.2) is 0 Å². The summed E-state index contributed by atoms with van der Waals surface area (Å²) in [4.78, 5) is 13.4. The summed E-state index contributed by atoms with van der Waals surface area (Å²) in [5.41, 5.74) is 6.70. The van der Waals surface area contributed by atoms with Gasteiger partial charge < -0.3 is 15.4 Å². The lowest BCUT2D eigenvalue weighted by Crippen LogP contribution is -2.31. The van der Waals surface area contributed by atoms with Crippen LogP contribution in [0.3, 0.4) is 0 Å². The molecule has 0 spiro atoms. The summed E-state index contributed by atoms with van der Waals surface area (Å²) < 4.78 is 5.37. The Kier molecular flexibility index (Phi) is 5.65. The minimum absolute atomic E-state index is 0.0684. The Morgan fingerprint density at radius 1 is 1.39 bits per heavy atom. The average Bonchev–Trinajstić information content (AvgIpc) is 2.31. The van der Waals surface area contributed by atoms with Crippen LogP contribution in [-0.2, 0) is 11.3 Å². The van der Waals surface area contributed by atoms with Gasteiger partial charge in [0.1, 0.15) is 5.75 Å². The largest absolute Gasteiger partial charge is 0.494 e. The quantitative estimate of drug-likeness (QED) is 0.837. The molecule has 0 aliphatic rings. The second kappa shape index (κ2) is 7.01. The fourth-order valence-corrected chi connectivity index (χ4v) is 1.65. The molecule has 1 unspecified atom stereocenters. The zero-order valence-corrected chi connectivity index (χ0v) is 11.3. The molecule has 4 heteroatoms. The highest BCUT2D eigenvalue weighted by Crippen LogP contribution is 2.13. The zero-order chi connectivity index (χ0) is 13.5. The number of nitrogens with zero attached hydrogens (tertiary/aromatic N) is 1. The van der Waals surface area contributed by atoms with Crippen LogP contribution in [-0.4, -0.2) is 30.5 Å². The third kappa shape index (κ3) is 4.75. The van der Waals surface area contributed by atoms with E-state index in [4.69, 9.17) is 10.5 Å². The molecule has 1 aromatic carbocycles. The molecule has 0 saturated carbocycles. The number of carbonyl (C=O) groups is 1. The predicted molar refractivity (Wildman–Crippen MR) is 72.4 cm³/mol. The molecule has 0 fully saturated rings. The summed E-state index contributed by atoms with van der Waals surface area (Å²) in [6.45, 7) is 5.04. The van der Waals surface area contributed by atoms with Crippen molar-refractivity contribution in [3.63, 3.8) is 0 Å². The summed E-state index contributed by atoms with van der Waals surface area (Å²) in [7, 11) is 1.79. The first-order valence-electron chi connectivity index (χ1n) is 6.24. The SMILES string of the molecule is CCOc1ccc(CN(C)C(=O)CC(C)N)cc1. The Bertz CT molecular complexity index is 374. The average molecular weight is 250 g/mol. The number of nitrogens with two attached hydrogens (primary N) is 1. The van der Waals surface area contributed by atoms with Crippen molar-refractivity contribution in [3.05, 3.63) is 29.8 Å². The lowest BCUT2D eigenvalue weighted by Gasteiger charge is -2.18. The van der Waals surface area contributed by atoms with Gasteiger partial charge in [-0.15, -0.1) is 0 Å². The molecule has 0 bridgehead atoms. The van der Waals surface area contributed by atoms with E-state index >= 15 is 0 Å². The van der Waals surface area contributed by atoms with E-state index in [1.165, 1.54) is 0 Å². The lowest BCUT2D eigenvalue weighted by molar-refractivity contribution is -0.130. The van der Waals surface area contributed by atoms with Crippen LogP contribution in [0.2, 0.25) is 0 Å². The van der Waals surface area contributed by atoms with Crippen LogP contribution in [0.5, 0.6) is 5.75 Å².